The number of fused-ring (bicyclic) bond motifs is 6. The molecule has 6 heteroatoms. The smallest absolute Gasteiger partial charge is 0.164 e. The van der Waals surface area contributed by atoms with Gasteiger partial charge in [0.1, 0.15) is 0 Å². The van der Waals surface area contributed by atoms with E-state index in [9.17, 15) is 0 Å². The molecular weight excluding hydrogens is 685 g/mol. The van der Waals surface area contributed by atoms with Crippen molar-refractivity contribution in [3.05, 3.63) is 194 Å². The van der Waals surface area contributed by atoms with Gasteiger partial charge in [0.25, 0.3) is 0 Å². The molecular formula is C50H32N6. The van der Waals surface area contributed by atoms with Gasteiger partial charge in [-0.1, -0.05) is 109 Å². The van der Waals surface area contributed by atoms with Crippen molar-refractivity contribution in [3.8, 4) is 56.7 Å². The lowest BCUT2D eigenvalue weighted by molar-refractivity contribution is 1.07. The van der Waals surface area contributed by atoms with Crippen LogP contribution in [0.15, 0.2) is 194 Å². The Morgan fingerprint density at radius 3 is 1.34 bits per heavy atom. The first-order chi connectivity index (χ1) is 27.8. The number of nitrogens with zero attached hydrogens (tertiary/aromatic N) is 6. The van der Waals surface area contributed by atoms with Gasteiger partial charge in [-0.05, 0) is 83.9 Å². The van der Waals surface area contributed by atoms with E-state index in [1.165, 1.54) is 43.7 Å². The van der Waals surface area contributed by atoms with Crippen LogP contribution >= 0.6 is 0 Å². The number of pyridine rings is 1. The van der Waals surface area contributed by atoms with Crippen LogP contribution in [0, 0.1) is 0 Å². The van der Waals surface area contributed by atoms with Crippen molar-refractivity contribution >= 4 is 43.6 Å². The lowest BCUT2D eigenvalue weighted by Gasteiger charge is -2.12. The Labute approximate surface area is 322 Å². The SMILES string of the molecule is c1ccc(-c2nc(-c3ccncc3)nc(-c3cccc(-n4c5ccccc5c5cc(-c6ccc7c(c6)c6ccccc6n7-c6ccccc6)ccc54)c3)n2)cc1. The zero-order chi connectivity index (χ0) is 37.0. The van der Waals surface area contributed by atoms with E-state index >= 15 is 0 Å². The lowest BCUT2D eigenvalue weighted by Crippen LogP contribution is -2.01. The summed E-state index contributed by atoms with van der Waals surface area (Å²) < 4.78 is 4.70. The number of hydrogen-bond donors (Lipinski definition) is 0. The maximum Gasteiger partial charge on any atom is 0.164 e. The number of aromatic nitrogens is 6. The molecule has 7 aromatic carbocycles. The molecule has 0 aliphatic heterocycles. The second kappa shape index (κ2) is 13.0. The van der Waals surface area contributed by atoms with Crippen molar-refractivity contribution in [1.82, 2.24) is 29.1 Å². The molecule has 262 valence electrons. The van der Waals surface area contributed by atoms with E-state index in [4.69, 9.17) is 15.0 Å². The van der Waals surface area contributed by atoms with Gasteiger partial charge in [0.2, 0.25) is 0 Å². The first-order valence-electron chi connectivity index (χ1n) is 18.7. The van der Waals surface area contributed by atoms with Crippen LogP contribution in [0.25, 0.3) is 100 Å². The number of benzene rings is 7. The van der Waals surface area contributed by atoms with Gasteiger partial charge < -0.3 is 9.13 Å². The minimum atomic E-state index is 0.605. The highest BCUT2D eigenvalue weighted by atomic mass is 15.0. The predicted octanol–water partition coefficient (Wildman–Crippen LogP) is 12.1. The summed E-state index contributed by atoms with van der Waals surface area (Å²) in [6.07, 6.45) is 3.52. The van der Waals surface area contributed by atoms with Crippen molar-refractivity contribution in [3.63, 3.8) is 0 Å². The topological polar surface area (TPSA) is 61.4 Å². The highest BCUT2D eigenvalue weighted by Gasteiger charge is 2.18. The second-order valence-corrected chi connectivity index (χ2v) is 14.0. The maximum absolute atomic E-state index is 5.00. The van der Waals surface area contributed by atoms with Gasteiger partial charge in [0.05, 0.1) is 22.1 Å². The highest BCUT2D eigenvalue weighted by molar-refractivity contribution is 6.12. The third kappa shape index (κ3) is 5.27. The molecule has 0 N–H and O–H groups in total. The lowest BCUT2D eigenvalue weighted by atomic mass is 10.0. The van der Waals surface area contributed by atoms with Gasteiger partial charge in [0.15, 0.2) is 17.5 Å². The first-order valence-corrected chi connectivity index (χ1v) is 18.7. The third-order valence-electron chi connectivity index (χ3n) is 10.7. The molecule has 0 saturated carbocycles. The summed E-state index contributed by atoms with van der Waals surface area (Å²) in [5.41, 5.74) is 11.9. The van der Waals surface area contributed by atoms with Gasteiger partial charge in [-0.15, -0.1) is 0 Å². The molecule has 0 spiro atoms. The largest absolute Gasteiger partial charge is 0.309 e. The number of para-hydroxylation sites is 3. The summed E-state index contributed by atoms with van der Waals surface area (Å²) >= 11 is 0. The zero-order valence-corrected chi connectivity index (χ0v) is 30.2. The van der Waals surface area contributed by atoms with Crippen LogP contribution in [0.2, 0.25) is 0 Å². The second-order valence-electron chi connectivity index (χ2n) is 14.0. The van der Waals surface area contributed by atoms with Crippen molar-refractivity contribution in [1.29, 1.82) is 0 Å². The van der Waals surface area contributed by atoms with Gasteiger partial charge in [-0.2, -0.15) is 0 Å². The molecule has 0 fully saturated rings. The van der Waals surface area contributed by atoms with Crippen molar-refractivity contribution < 1.29 is 0 Å². The predicted molar refractivity (Wildman–Crippen MR) is 228 cm³/mol. The van der Waals surface area contributed by atoms with Crippen LogP contribution in [-0.2, 0) is 0 Å². The molecule has 0 aliphatic carbocycles. The van der Waals surface area contributed by atoms with Crippen molar-refractivity contribution in [2.24, 2.45) is 0 Å². The van der Waals surface area contributed by atoms with Gasteiger partial charge in [0, 0.05) is 62.0 Å². The molecule has 0 atom stereocenters. The molecule has 56 heavy (non-hydrogen) atoms. The van der Waals surface area contributed by atoms with Gasteiger partial charge in [-0.25, -0.2) is 15.0 Å². The molecule has 4 heterocycles. The van der Waals surface area contributed by atoms with Crippen LogP contribution in [0.4, 0.5) is 0 Å². The summed E-state index contributed by atoms with van der Waals surface area (Å²) in [4.78, 5) is 19.1. The Morgan fingerprint density at radius 2 is 0.732 bits per heavy atom. The summed E-state index contributed by atoms with van der Waals surface area (Å²) in [5.74, 6) is 1.84. The van der Waals surface area contributed by atoms with E-state index < -0.39 is 0 Å². The molecule has 0 amide bonds. The summed E-state index contributed by atoms with van der Waals surface area (Å²) in [5, 5.41) is 4.87. The van der Waals surface area contributed by atoms with Crippen LogP contribution in [0.3, 0.4) is 0 Å². The fourth-order valence-electron chi connectivity index (χ4n) is 8.07. The Balaban J connectivity index is 1.05. The standard InChI is InChI=1S/C50H32N6/c1-3-12-33(13-4-1)48-52-49(34-26-28-51-29-27-34)54-50(53-48)37-14-11-17-39(30-37)56-45-21-10-8-19-41(45)43-32-36(23-25-47(43)56)35-22-24-46-42(31-35)40-18-7-9-20-44(40)55(46)38-15-5-2-6-16-38/h1-32H. The minimum absolute atomic E-state index is 0.605. The average molecular weight is 717 g/mol. The molecule has 0 bridgehead atoms. The van der Waals surface area contributed by atoms with Crippen molar-refractivity contribution in [2.45, 2.75) is 0 Å². The van der Waals surface area contributed by atoms with E-state index in [-0.39, 0.29) is 0 Å². The molecule has 0 aliphatic rings. The monoisotopic (exact) mass is 716 g/mol. The number of rotatable bonds is 6. The van der Waals surface area contributed by atoms with E-state index in [2.05, 4.69) is 154 Å². The molecule has 4 aromatic heterocycles. The van der Waals surface area contributed by atoms with Crippen molar-refractivity contribution in [2.75, 3.05) is 0 Å². The summed E-state index contributed by atoms with van der Waals surface area (Å²) in [6, 6.07) is 64.0. The van der Waals surface area contributed by atoms with E-state index in [1.807, 2.05) is 42.5 Å². The Kier molecular flexibility index (Phi) is 7.38. The van der Waals surface area contributed by atoms with Crippen LogP contribution in [0.5, 0.6) is 0 Å². The molecule has 0 radical (unpaired) electrons. The zero-order valence-electron chi connectivity index (χ0n) is 30.2. The van der Waals surface area contributed by atoms with E-state index in [1.54, 1.807) is 12.4 Å². The molecule has 11 rings (SSSR count). The molecule has 6 nitrogen and oxygen atoms in total. The van der Waals surface area contributed by atoms with Crippen LogP contribution in [0.1, 0.15) is 0 Å². The van der Waals surface area contributed by atoms with Gasteiger partial charge in [-0.3, -0.25) is 4.98 Å². The summed E-state index contributed by atoms with van der Waals surface area (Å²) in [6.45, 7) is 0. The average Bonchev–Trinajstić information content (AvgIpc) is 3.79. The van der Waals surface area contributed by atoms with E-state index in [0.29, 0.717) is 17.5 Å². The van der Waals surface area contributed by atoms with Crippen LogP contribution < -0.4 is 0 Å². The molecule has 0 unspecified atom stereocenters. The Morgan fingerprint density at radius 1 is 0.286 bits per heavy atom. The van der Waals surface area contributed by atoms with Gasteiger partial charge >= 0.3 is 0 Å². The Bertz CT molecular complexity index is 3180. The normalized spacial score (nSPS) is 11.6. The third-order valence-corrected chi connectivity index (χ3v) is 10.7. The summed E-state index contributed by atoms with van der Waals surface area (Å²) in [7, 11) is 0. The minimum Gasteiger partial charge on any atom is -0.309 e. The Hall–Kier alpha value is -7.70. The van der Waals surface area contributed by atoms with Crippen LogP contribution in [-0.4, -0.2) is 29.1 Å². The molecule has 0 saturated heterocycles. The highest BCUT2D eigenvalue weighted by Crippen LogP contribution is 2.38. The fourth-order valence-corrected chi connectivity index (χ4v) is 8.07. The quantitative estimate of drug-likeness (QED) is 0.172. The fraction of sp³-hybridized carbons (Fsp3) is 0. The van der Waals surface area contributed by atoms with E-state index in [0.717, 1.165) is 39.1 Å². The maximum atomic E-state index is 5.00. The first kappa shape index (κ1) is 31.8. The number of hydrogen-bond acceptors (Lipinski definition) is 4. The molecule has 11 aromatic rings.